The molecule has 0 N–H and O–H groups in total. The Kier molecular flexibility index (Phi) is 4.39. The average molecular weight is 390 g/mol. The van der Waals surface area contributed by atoms with Gasteiger partial charge in [-0.1, -0.05) is 29.4 Å². The van der Waals surface area contributed by atoms with Crippen molar-refractivity contribution in [3.63, 3.8) is 0 Å². The fourth-order valence-corrected chi connectivity index (χ4v) is 4.94. The summed E-state index contributed by atoms with van der Waals surface area (Å²) in [5.74, 6) is 0.943. The molecule has 0 radical (unpaired) electrons. The smallest absolute Gasteiger partial charge is 0.273 e. The molecule has 2 aliphatic rings. The Bertz CT molecular complexity index is 1050. The summed E-state index contributed by atoms with van der Waals surface area (Å²) >= 11 is 0. The number of aromatic nitrogens is 2. The molecule has 6 nitrogen and oxygen atoms in total. The predicted octanol–water partition coefficient (Wildman–Crippen LogP) is 3.72. The normalized spacial score (nSPS) is 22.2. The van der Waals surface area contributed by atoms with Crippen molar-refractivity contribution in [1.29, 1.82) is 0 Å². The molecule has 1 spiro atoms. The molecule has 6 heteroatoms. The third-order valence-corrected chi connectivity index (χ3v) is 6.77. The van der Waals surface area contributed by atoms with Gasteiger partial charge in [0, 0.05) is 48.9 Å². The van der Waals surface area contributed by atoms with Gasteiger partial charge in [0.1, 0.15) is 11.5 Å². The maximum absolute atomic E-state index is 13.4. The van der Waals surface area contributed by atoms with Gasteiger partial charge in [-0.3, -0.25) is 14.7 Å². The Morgan fingerprint density at radius 3 is 2.79 bits per heavy atom. The molecule has 2 aliphatic heterocycles. The Morgan fingerprint density at radius 2 is 2.03 bits per heavy atom. The van der Waals surface area contributed by atoms with E-state index in [-0.39, 0.29) is 11.4 Å². The molecule has 0 aliphatic carbocycles. The first-order valence-electron chi connectivity index (χ1n) is 10.4. The number of rotatable bonds is 3. The molecule has 1 amide bonds. The minimum atomic E-state index is 0.0464. The standard InChI is InChI=1S/C23H26N4O2/c1-16-20(17(2)29-25-16)14-27-13-10-23(27)9-5-12-26(15-23)22(28)21-19-7-4-3-6-18(19)8-11-24-21/h3-4,6-8,11H,5,9-10,12-15H2,1-2H3/t23-/m0/s1. The quantitative estimate of drug-likeness (QED) is 0.682. The second-order valence-corrected chi connectivity index (χ2v) is 8.41. The lowest BCUT2D eigenvalue weighted by Gasteiger charge is -2.57. The van der Waals surface area contributed by atoms with E-state index in [1.807, 2.05) is 49.1 Å². The molecule has 5 rings (SSSR count). The van der Waals surface area contributed by atoms with Crippen molar-refractivity contribution in [2.45, 2.75) is 45.2 Å². The van der Waals surface area contributed by atoms with Crippen LogP contribution in [0.4, 0.5) is 0 Å². The van der Waals surface area contributed by atoms with Crippen molar-refractivity contribution in [2.75, 3.05) is 19.6 Å². The number of carbonyl (C=O) groups excluding carboxylic acids is 1. The first kappa shape index (κ1) is 18.3. The molecule has 1 aromatic carbocycles. The number of benzene rings is 1. The van der Waals surface area contributed by atoms with Crippen LogP contribution in [-0.4, -0.2) is 51.0 Å². The SMILES string of the molecule is Cc1noc(C)c1CN1CC[C@]12CCCN(C(=O)c1nccc3ccccc13)C2. The first-order valence-corrected chi connectivity index (χ1v) is 10.4. The van der Waals surface area contributed by atoms with Crippen LogP contribution in [-0.2, 0) is 6.54 Å². The average Bonchev–Trinajstić information content (AvgIpc) is 3.07. The van der Waals surface area contributed by atoms with Crippen LogP contribution >= 0.6 is 0 Å². The van der Waals surface area contributed by atoms with E-state index < -0.39 is 0 Å². The lowest BCUT2D eigenvalue weighted by Crippen LogP contribution is -2.67. The predicted molar refractivity (Wildman–Crippen MR) is 111 cm³/mol. The van der Waals surface area contributed by atoms with Crippen molar-refractivity contribution >= 4 is 16.7 Å². The van der Waals surface area contributed by atoms with Gasteiger partial charge in [0.15, 0.2) is 0 Å². The van der Waals surface area contributed by atoms with Crippen LogP contribution < -0.4 is 0 Å². The van der Waals surface area contributed by atoms with Crippen LogP contribution in [0.5, 0.6) is 0 Å². The monoisotopic (exact) mass is 390 g/mol. The molecule has 2 aromatic heterocycles. The van der Waals surface area contributed by atoms with Gasteiger partial charge in [-0.15, -0.1) is 0 Å². The van der Waals surface area contributed by atoms with E-state index in [9.17, 15) is 4.79 Å². The summed E-state index contributed by atoms with van der Waals surface area (Å²) in [7, 11) is 0. The van der Waals surface area contributed by atoms with Crippen LogP contribution in [0.25, 0.3) is 10.8 Å². The van der Waals surface area contributed by atoms with Gasteiger partial charge in [0.2, 0.25) is 0 Å². The Labute approximate surface area is 170 Å². The van der Waals surface area contributed by atoms with Crippen molar-refractivity contribution in [1.82, 2.24) is 19.9 Å². The Hall–Kier alpha value is -2.73. The van der Waals surface area contributed by atoms with Crippen molar-refractivity contribution in [3.8, 4) is 0 Å². The molecule has 2 saturated heterocycles. The summed E-state index contributed by atoms with van der Waals surface area (Å²) in [5.41, 5.74) is 2.78. The maximum Gasteiger partial charge on any atom is 0.273 e. The molecule has 3 aromatic rings. The maximum atomic E-state index is 13.4. The number of carbonyl (C=O) groups is 1. The Balaban J connectivity index is 1.38. The van der Waals surface area contributed by atoms with Gasteiger partial charge in [0.25, 0.3) is 5.91 Å². The number of hydrogen-bond donors (Lipinski definition) is 0. The molecule has 29 heavy (non-hydrogen) atoms. The van der Waals surface area contributed by atoms with Gasteiger partial charge in [-0.25, -0.2) is 0 Å². The van der Waals surface area contributed by atoms with Gasteiger partial charge in [0.05, 0.1) is 5.69 Å². The van der Waals surface area contributed by atoms with Crippen molar-refractivity contribution in [3.05, 3.63) is 59.2 Å². The molecule has 0 unspecified atom stereocenters. The van der Waals surface area contributed by atoms with Gasteiger partial charge < -0.3 is 9.42 Å². The first-order chi connectivity index (χ1) is 14.1. The zero-order chi connectivity index (χ0) is 20.0. The van der Waals surface area contributed by atoms with Gasteiger partial charge in [-0.05, 0) is 44.6 Å². The fraction of sp³-hybridized carbons (Fsp3) is 0.435. The summed E-state index contributed by atoms with van der Waals surface area (Å²) in [6, 6.07) is 9.94. The van der Waals surface area contributed by atoms with Gasteiger partial charge in [-0.2, -0.15) is 0 Å². The molecule has 150 valence electrons. The lowest BCUT2D eigenvalue weighted by molar-refractivity contribution is -0.0651. The minimum absolute atomic E-state index is 0.0464. The second kappa shape index (κ2) is 6.95. The zero-order valence-electron chi connectivity index (χ0n) is 17.0. The third-order valence-electron chi connectivity index (χ3n) is 6.77. The molecule has 1 atom stereocenters. The van der Waals surface area contributed by atoms with Crippen LogP contribution in [0, 0.1) is 13.8 Å². The van der Waals surface area contributed by atoms with Crippen LogP contribution in [0.3, 0.4) is 0 Å². The topological polar surface area (TPSA) is 62.5 Å². The number of nitrogens with zero attached hydrogens (tertiary/aromatic N) is 4. The third kappa shape index (κ3) is 3.02. The number of hydrogen-bond acceptors (Lipinski definition) is 5. The van der Waals surface area contributed by atoms with Gasteiger partial charge >= 0.3 is 0 Å². The van der Waals surface area contributed by atoms with Crippen molar-refractivity contribution < 1.29 is 9.32 Å². The van der Waals surface area contributed by atoms with E-state index >= 15 is 0 Å². The number of aryl methyl sites for hydroxylation is 2. The molecule has 4 heterocycles. The highest BCUT2D eigenvalue weighted by atomic mass is 16.5. The summed E-state index contributed by atoms with van der Waals surface area (Å²) < 4.78 is 5.35. The van der Waals surface area contributed by atoms with Crippen molar-refractivity contribution in [2.24, 2.45) is 0 Å². The molecule has 2 fully saturated rings. The number of amides is 1. The van der Waals surface area contributed by atoms with E-state index in [0.29, 0.717) is 5.69 Å². The lowest BCUT2D eigenvalue weighted by atomic mass is 9.77. The molecular formula is C23H26N4O2. The van der Waals surface area contributed by atoms with Crippen LogP contribution in [0.15, 0.2) is 41.1 Å². The molecule has 0 saturated carbocycles. The highest BCUT2D eigenvalue weighted by Crippen LogP contribution is 2.40. The molecule has 0 bridgehead atoms. The fourth-order valence-electron chi connectivity index (χ4n) is 4.94. The highest BCUT2D eigenvalue weighted by molar-refractivity contribution is 6.05. The Morgan fingerprint density at radius 1 is 1.17 bits per heavy atom. The zero-order valence-corrected chi connectivity index (χ0v) is 17.0. The van der Waals surface area contributed by atoms with E-state index in [2.05, 4.69) is 15.0 Å². The van der Waals surface area contributed by atoms with E-state index in [1.54, 1.807) is 6.20 Å². The minimum Gasteiger partial charge on any atom is -0.361 e. The number of likely N-dealkylation sites (tertiary alicyclic amines) is 2. The highest BCUT2D eigenvalue weighted by Gasteiger charge is 2.48. The molecular weight excluding hydrogens is 364 g/mol. The van der Waals surface area contributed by atoms with Crippen LogP contribution in [0.1, 0.15) is 46.8 Å². The summed E-state index contributed by atoms with van der Waals surface area (Å²) in [4.78, 5) is 22.4. The summed E-state index contributed by atoms with van der Waals surface area (Å²) in [6.45, 7) is 7.44. The number of fused-ring (bicyclic) bond motifs is 1. The second-order valence-electron chi connectivity index (χ2n) is 8.41. The summed E-state index contributed by atoms with van der Waals surface area (Å²) in [6.07, 6.45) is 5.02. The van der Waals surface area contributed by atoms with E-state index in [1.165, 1.54) is 5.56 Å². The van der Waals surface area contributed by atoms with E-state index in [4.69, 9.17) is 4.52 Å². The summed E-state index contributed by atoms with van der Waals surface area (Å²) in [5, 5.41) is 6.09. The largest absolute Gasteiger partial charge is 0.361 e. The van der Waals surface area contributed by atoms with Crippen LogP contribution in [0.2, 0.25) is 0 Å². The number of pyridine rings is 1. The van der Waals surface area contributed by atoms with E-state index in [0.717, 1.165) is 67.7 Å². The number of piperidine rings is 1.